The number of ether oxygens (including phenoxy) is 1. The lowest BCUT2D eigenvalue weighted by Crippen LogP contribution is -1.99. The summed E-state index contributed by atoms with van der Waals surface area (Å²) in [5.41, 5.74) is 1.76. The van der Waals surface area contributed by atoms with Crippen LogP contribution in [-0.2, 0) is 0 Å². The molecule has 0 spiro atoms. The Morgan fingerprint density at radius 2 is 2.06 bits per heavy atom. The summed E-state index contributed by atoms with van der Waals surface area (Å²) in [4.78, 5) is 0. The standard InChI is InChI=1S/C13H13BrO3/c1-8-7-9(3-4-10(8)16-2)13(15)11-5-6-12(14)17-11/h3-7,13,15H,1-2H3. The number of rotatable bonds is 3. The van der Waals surface area contributed by atoms with Crippen molar-refractivity contribution in [2.45, 2.75) is 13.0 Å². The van der Waals surface area contributed by atoms with Crippen molar-refractivity contribution in [2.75, 3.05) is 7.11 Å². The number of furan rings is 1. The third-order valence-electron chi connectivity index (χ3n) is 2.60. The molecule has 0 bridgehead atoms. The van der Waals surface area contributed by atoms with Gasteiger partial charge >= 0.3 is 0 Å². The molecule has 17 heavy (non-hydrogen) atoms. The number of hydrogen-bond acceptors (Lipinski definition) is 3. The first-order valence-electron chi connectivity index (χ1n) is 5.19. The average molecular weight is 297 g/mol. The van der Waals surface area contributed by atoms with E-state index in [0.29, 0.717) is 10.4 Å². The summed E-state index contributed by atoms with van der Waals surface area (Å²) in [5.74, 6) is 1.32. The van der Waals surface area contributed by atoms with E-state index in [4.69, 9.17) is 9.15 Å². The first kappa shape index (κ1) is 12.2. The van der Waals surface area contributed by atoms with Gasteiger partial charge < -0.3 is 14.3 Å². The first-order valence-corrected chi connectivity index (χ1v) is 5.99. The Balaban J connectivity index is 2.31. The van der Waals surface area contributed by atoms with Gasteiger partial charge in [-0.3, -0.25) is 0 Å². The number of halogens is 1. The van der Waals surface area contributed by atoms with Gasteiger partial charge in [-0.1, -0.05) is 6.07 Å². The molecule has 0 aliphatic carbocycles. The summed E-state index contributed by atoms with van der Waals surface area (Å²) in [6.07, 6.45) is -0.758. The number of aryl methyl sites for hydroxylation is 1. The molecule has 1 N–H and O–H groups in total. The van der Waals surface area contributed by atoms with Crippen LogP contribution in [0.1, 0.15) is 23.0 Å². The van der Waals surface area contributed by atoms with Crippen LogP contribution >= 0.6 is 15.9 Å². The zero-order chi connectivity index (χ0) is 12.4. The van der Waals surface area contributed by atoms with E-state index in [1.54, 1.807) is 19.2 Å². The molecule has 0 saturated carbocycles. The van der Waals surface area contributed by atoms with Crippen molar-refractivity contribution in [3.8, 4) is 5.75 Å². The summed E-state index contributed by atoms with van der Waals surface area (Å²) in [6.45, 7) is 1.94. The minimum absolute atomic E-state index is 0.515. The van der Waals surface area contributed by atoms with Crippen molar-refractivity contribution < 1.29 is 14.3 Å². The van der Waals surface area contributed by atoms with Crippen LogP contribution in [0.2, 0.25) is 0 Å². The van der Waals surface area contributed by atoms with E-state index in [0.717, 1.165) is 16.9 Å². The molecule has 0 amide bonds. The van der Waals surface area contributed by atoms with Crippen molar-refractivity contribution >= 4 is 15.9 Å². The smallest absolute Gasteiger partial charge is 0.169 e. The van der Waals surface area contributed by atoms with Gasteiger partial charge in [0.2, 0.25) is 0 Å². The summed E-state index contributed by atoms with van der Waals surface area (Å²) >= 11 is 3.21. The quantitative estimate of drug-likeness (QED) is 0.943. The van der Waals surface area contributed by atoms with Gasteiger partial charge in [0, 0.05) is 0 Å². The second kappa shape index (κ2) is 4.94. The Bertz CT molecular complexity index is 519. The maximum Gasteiger partial charge on any atom is 0.169 e. The number of hydrogen-bond donors (Lipinski definition) is 1. The monoisotopic (exact) mass is 296 g/mol. The van der Waals surface area contributed by atoms with Crippen molar-refractivity contribution in [3.05, 3.63) is 51.9 Å². The fraction of sp³-hybridized carbons (Fsp3) is 0.231. The van der Waals surface area contributed by atoms with Crippen LogP contribution in [0.15, 0.2) is 39.4 Å². The highest BCUT2D eigenvalue weighted by atomic mass is 79.9. The minimum atomic E-state index is -0.758. The predicted octanol–water partition coefficient (Wildman–Crippen LogP) is 3.44. The van der Waals surface area contributed by atoms with Crippen molar-refractivity contribution in [1.29, 1.82) is 0 Å². The van der Waals surface area contributed by atoms with Gasteiger partial charge in [0.25, 0.3) is 0 Å². The van der Waals surface area contributed by atoms with Gasteiger partial charge in [0.15, 0.2) is 4.67 Å². The van der Waals surface area contributed by atoms with Crippen LogP contribution in [-0.4, -0.2) is 12.2 Å². The second-order valence-corrected chi connectivity index (χ2v) is 4.56. The summed E-state index contributed by atoms with van der Waals surface area (Å²) in [7, 11) is 1.63. The van der Waals surface area contributed by atoms with E-state index < -0.39 is 6.10 Å². The van der Waals surface area contributed by atoms with Crippen LogP contribution in [0.4, 0.5) is 0 Å². The summed E-state index contributed by atoms with van der Waals surface area (Å²) in [6, 6.07) is 9.06. The lowest BCUT2D eigenvalue weighted by Gasteiger charge is -2.11. The van der Waals surface area contributed by atoms with E-state index in [2.05, 4.69) is 15.9 Å². The third-order valence-corrected chi connectivity index (χ3v) is 3.02. The van der Waals surface area contributed by atoms with Gasteiger partial charge in [-0.15, -0.1) is 0 Å². The van der Waals surface area contributed by atoms with Crippen LogP contribution in [0.25, 0.3) is 0 Å². The second-order valence-electron chi connectivity index (χ2n) is 3.77. The molecular weight excluding hydrogens is 284 g/mol. The van der Waals surface area contributed by atoms with Gasteiger partial charge in [0.05, 0.1) is 7.11 Å². The van der Waals surface area contributed by atoms with Crippen LogP contribution in [0.3, 0.4) is 0 Å². The Hall–Kier alpha value is -1.26. The van der Waals surface area contributed by atoms with Crippen molar-refractivity contribution in [1.82, 2.24) is 0 Å². The Labute approximate surface area is 108 Å². The van der Waals surface area contributed by atoms with E-state index in [1.165, 1.54) is 0 Å². The van der Waals surface area contributed by atoms with Gasteiger partial charge in [-0.2, -0.15) is 0 Å². The molecule has 4 heteroatoms. The highest BCUT2D eigenvalue weighted by molar-refractivity contribution is 9.10. The van der Waals surface area contributed by atoms with E-state index >= 15 is 0 Å². The molecule has 0 radical (unpaired) electrons. The summed E-state index contributed by atoms with van der Waals surface area (Å²) in [5, 5.41) is 10.1. The molecule has 0 aliphatic rings. The lowest BCUT2D eigenvalue weighted by atomic mass is 10.0. The molecule has 0 saturated heterocycles. The van der Waals surface area contributed by atoms with E-state index in [-0.39, 0.29) is 0 Å². The zero-order valence-electron chi connectivity index (χ0n) is 9.61. The van der Waals surface area contributed by atoms with Crippen molar-refractivity contribution in [2.24, 2.45) is 0 Å². The fourth-order valence-electron chi connectivity index (χ4n) is 1.71. The zero-order valence-corrected chi connectivity index (χ0v) is 11.2. The highest BCUT2D eigenvalue weighted by Gasteiger charge is 2.15. The van der Waals surface area contributed by atoms with Gasteiger partial charge in [-0.05, 0) is 58.2 Å². The maximum atomic E-state index is 10.1. The lowest BCUT2D eigenvalue weighted by molar-refractivity contribution is 0.187. The topological polar surface area (TPSA) is 42.6 Å². The largest absolute Gasteiger partial charge is 0.496 e. The van der Waals surface area contributed by atoms with Gasteiger partial charge in [0.1, 0.15) is 17.6 Å². The first-order chi connectivity index (χ1) is 8.11. The average Bonchev–Trinajstić information content (AvgIpc) is 2.75. The molecule has 90 valence electrons. The van der Waals surface area contributed by atoms with E-state index in [1.807, 2.05) is 25.1 Å². The molecule has 2 aromatic rings. The number of methoxy groups -OCH3 is 1. The van der Waals surface area contributed by atoms with Gasteiger partial charge in [-0.25, -0.2) is 0 Å². The van der Waals surface area contributed by atoms with Crippen molar-refractivity contribution in [3.63, 3.8) is 0 Å². The van der Waals surface area contributed by atoms with E-state index in [9.17, 15) is 5.11 Å². The molecule has 1 heterocycles. The van der Waals surface area contributed by atoms with Crippen LogP contribution in [0.5, 0.6) is 5.75 Å². The Kier molecular flexibility index (Phi) is 3.54. The molecule has 2 rings (SSSR count). The number of benzene rings is 1. The highest BCUT2D eigenvalue weighted by Crippen LogP contribution is 2.28. The maximum absolute atomic E-state index is 10.1. The number of aliphatic hydroxyl groups excluding tert-OH is 1. The molecule has 1 aromatic heterocycles. The molecule has 1 unspecified atom stereocenters. The third kappa shape index (κ3) is 2.53. The molecule has 1 atom stereocenters. The Morgan fingerprint density at radius 1 is 1.29 bits per heavy atom. The number of aliphatic hydroxyl groups is 1. The molecule has 0 aliphatic heterocycles. The predicted molar refractivity (Wildman–Crippen MR) is 68.2 cm³/mol. The normalized spacial score (nSPS) is 12.5. The fourth-order valence-corrected chi connectivity index (χ4v) is 2.03. The molecular formula is C13H13BrO3. The minimum Gasteiger partial charge on any atom is -0.496 e. The molecule has 1 aromatic carbocycles. The molecule has 0 fully saturated rings. The Morgan fingerprint density at radius 3 is 2.59 bits per heavy atom. The summed E-state index contributed by atoms with van der Waals surface area (Å²) < 4.78 is 11.1. The van der Waals surface area contributed by atoms with Crippen LogP contribution < -0.4 is 4.74 Å². The SMILES string of the molecule is COc1ccc(C(O)c2ccc(Br)o2)cc1C. The molecule has 3 nitrogen and oxygen atoms in total. The van der Waals surface area contributed by atoms with Crippen LogP contribution in [0, 0.1) is 6.92 Å².